The predicted molar refractivity (Wildman–Crippen MR) is 117 cm³/mol. The van der Waals surface area contributed by atoms with Gasteiger partial charge in [-0.15, -0.1) is 0 Å². The Bertz CT molecular complexity index is 730. The maximum absolute atomic E-state index is 6.79. The van der Waals surface area contributed by atoms with Crippen molar-refractivity contribution in [1.82, 2.24) is 0 Å². The first-order valence-electron chi connectivity index (χ1n) is 8.52. The highest BCUT2D eigenvalue weighted by Gasteiger charge is 2.42. The molecule has 2 rings (SSSR count). The summed E-state index contributed by atoms with van der Waals surface area (Å²) in [4.78, 5) is 0. The van der Waals surface area contributed by atoms with E-state index in [-0.39, 0.29) is 10.6 Å². The predicted octanol–water partition coefficient (Wildman–Crippen LogP) is 7.11. The molecule has 0 heterocycles. The lowest BCUT2D eigenvalue weighted by Crippen LogP contribution is -2.48. The van der Waals surface area contributed by atoms with Gasteiger partial charge in [-0.1, -0.05) is 85.8 Å². The molecule has 1 unspecified atom stereocenters. The Kier molecular flexibility index (Phi) is 5.98. The van der Waals surface area contributed by atoms with E-state index < -0.39 is 8.32 Å². The van der Waals surface area contributed by atoms with Gasteiger partial charge in [0.25, 0.3) is 0 Å². The number of fused-ring (bicyclic) bond motifs is 1. The normalized spacial score (nSPS) is 15.8. The van der Waals surface area contributed by atoms with Crippen molar-refractivity contribution < 1.29 is 4.43 Å². The Morgan fingerprint density at radius 1 is 1.00 bits per heavy atom. The van der Waals surface area contributed by atoms with Gasteiger partial charge in [-0.05, 0) is 51.6 Å². The van der Waals surface area contributed by atoms with Crippen LogP contribution in [0.1, 0.15) is 33.3 Å². The standard InChI is InChI=1S/C21H29IOSi/c1-20(2,3)24(5,6)23-21(4,13-14-22)16-17-11-12-18-9-7-8-10-19(18)15-17/h7-15H,16H2,1-6H3/b14-13+. The van der Waals surface area contributed by atoms with E-state index in [4.69, 9.17) is 4.43 Å². The van der Waals surface area contributed by atoms with Gasteiger partial charge in [0.1, 0.15) is 0 Å². The van der Waals surface area contributed by atoms with Crippen LogP contribution in [0.5, 0.6) is 0 Å². The number of rotatable bonds is 5. The lowest BCUT2D eigenvalue weighted by atomic mass is 9.95. The van der Waals surface area contributed by atoms with Gasteiger partial charge in [0.2, 0.25) is 0 Å². The molecule has 1 atom stereocenters. The summed E-state index contributed by atoms with van der Waals surface area (Å²) < 4.78 is 8.88. The summed E-state index contributed by atoms with van der Waals surface area (Å²) in [7, 11) is -1.84. The van der Waals surface area contributed by atoms with Gasteiger partial charge in [-0.25, -0.2) is 0 Å². The second-order valence-corrected chi connectivity index (χ2v) is 13.8. The fourth-order valence-corrected chi connectivity index (χ4v) is 5.13. The van der Waals surface area contributed by atoms with Gasteiger partial charge < -0.3 is 4.43 Å². The third kappa shape index (κ3) is 4.70. The average molecular weight is 452 g/mol. The molecule has 24 heavy (non-hydrogen) atoms. The summed E-state index contributed by atoms with van der Waals surface area (Å²) >= 11 is 2.30. The van der Waals surface area contributed by atoms with E-state index in [1.165, 1.54) is 16.3 Å². The highest BCUT2D eigenvalue weighted by molar-refractivity contribution is 14.1. The minimum absolute atomic E-state index is 0.205. The fraction of sp³-hybridized carbons (Fsp3) is 0.429. The second-order valence-electron chi connectivity index (χ2n) is 8.33. The molecular weight excluding hydrogens is 423 g/mol. The Balaban J connectivity index is 2.32. The molecule has 0 saturated carbocycles. The van der Waals surface area contributed by atoms with Gasteiger partial charge in [0, 0.05) is 6.42 Å². The molecule has 0 bridgehead atoms. The molecule has 0 aliphatic rings. The van der Waals surface area contributed by atoms with Crippen molar-refractivity contribution in [2.24, 2.45) is 0 Å². The molecule has 0 saturated heterocycles. The number of benzene rings is 2. The molecular formula is C21H29IOSi. The molecule has 0 spiro atoms. The monoisotopic (exact) mass is 452 g/mol. The Morgan fingerprint density at radius 2 is 1.62 bits per heavy atom. The molecule has 0 aliphatic carbocycles. The largest absolute Gasteiger partial charge is 0.408 e. The molecule has 0 N–H and O–H groups in total. The van der Waals surface area contributed by atoms with Crippen molar-refractivity contribution in [1.29, 1.82) is 0 Å². The van der Waals surface area contributed by atoms with E-state index in [0.717, 1.165) is 6.42 Å². The minimum Gasteiger partial charge on any atom is -0.408 e. The van der Waals surface area contributed by atoms with E-state index in [9.17, 15) is 0 Å². The maximum atomic E-state index is 6.79. The van der Waals surface area contributed by atoms with Gasteiger partial charge in [0.15, 0.2) is 8.32 Å². The minimum atomic E-state index is -1.84. The molecule has 0 radical (unpaired) electrons. The lowest BCUT2D eigenvalue weighted by Gasteiger charge is -2.43. The quantitative estimate of drug-likeness (QED) is 0.347. The van der Waals surface area contributed by atoms with Crippen molar-refractivity contribution in [3.05, 3.63) is 58.2 Å². The van der Waals surface area contributed by atoms with E-state index in [2.05, 4.69) is 116 Å². The molecule has 1 nitrogen and oxygen atoms in total. The summed E-state index contributed by atoms with van der Waals surface area (Å²) in [5, 5.41) is 2.79. The zero-order chi connectivity index (χ0) is 18.0. The van der Waals surface area contributed by atoms with E-state index >= 15 is 0 Å². The number of hydrogen-bond donors (Lipinski definition) is 0. The average Bonchev–Trinajstić information content (AvgIpc) is 2.45. The van der Waals surface area contributed by atoms with Crippen LogP contribution in [0.2, 0.25) is 18.1 Å². The molecule has 0 aliphatic heterocycles. The molecule has 130 valence electrons. The van der Waals surface area contributed by atoms with Gasteiger partial charge in [0.05, 0.1) is 5.60 Å². The van der Waals surface area contributed by atoms with Crippen LogP contribution in [0.3, 0.4) is 0 Å². The number of hydrogen-bond acceptors (Lipinski definition) is 1. The zero-order valence-corrected chi connectivity index (χ0v) is 18.8. The van der Waals surface area contributed by atoms with Crippen LogP contribution < -0.4 is 0 Å². The van der Waals surface area contributed by atoms with Crippen LogP contribution in [0.25, 0.3) is 10.8 Å². The summed E-state index contributed by atoms with van der Waals surface area (Å²) in [6.07, 6.45) is 3.10. The second kappa shape index (κ2) is 7.30. The van der Waals surface area contributed by atoms with E-state index in [1.54, 1.807) is 0 Å². The smallest absolute Gasteiger partial charge is 0.193 e. The van der Waals surface area contributed by atoms with Gasteiger partial charge >= 0.3 is 0 Å². The van der Waals surface area contributed by atoms with Crippen molar-refractivity contribution in [2.75, 3.05) is 0 Å². The van der Waals surface area contributed by atoms with Crippen molar-refractivity contribution in [3.8, 4) is 0 Å². The first-order valence-corrected chi connectivity index (χ1v) is 12.7. The highest BCUT2D eigenvalue weighted by atomic mass is 127. The van der Waals surface area contributed by atoms with Crippen LogP contribution in [0.15, 0.2) is 52.6 Å². The Morgan fingerprint density at radius 3 is 2.21 bits per heavy atom. The summed E-state index contributed by atoms with van der Waals surface area (Å²) in [5.74, 6) is 0. The van der Waals surface area contributed by atoms with Crippen LogP contribution in [-0.4, -0.2) is 13.9 Å². The molecule has 0 amide bonds. The van der Waals surface area contributed by atoms with Crippen molar-refractivity contribution in [2.45, 2.75) is 57.8 Å². The van der Waals surface area contributed by atoms with E-state index in [0.29, 0.717) is 0 Å². The van der Waals surface area contributed by atoms with Gasteiger partial charge in [-0.3, -0.25) is 0 Å². The van der Waals surface area contributed by atoms with Gasteiger partial charge in [-0.2, -0.15) is 0 Å². The third-order valence-corrected chi connectivity index (χ3v) is 10.0. The van der Waals surface area contributed by atoms with Crippen LogP contribution >= 0.6 is 22.6 Å². The lowest BCUT2D eigenvalue weighted by molar-refractivity contribution is 0.122. The molecule has 3 heteroatoms. The van der Waals surface area contributed by atoms with Crippen LogP contribution in [0, 0.1) is 0 Å². The zero-order valence-electron chi connectivity index (χ0n) is 15.7. The summed E-state index contributed by atoms with van der Waals surface area (Å²) in [6.45, 7) is 13.8. The van der Waals surface area contributed by atoms with Crippen LogP contribution in [0.4, 0.5) is 0 Å². The Labute approximate surface area is 161 Å². The third-order valence-electron chi connectivity index (χ3n) is 5.08. The van der Waals surface area contributed by atoms with Crippen LogP contribution in [-0.2, 0) is 10.8 Å². The Hall–Kier alpha value is -0.653. The molecule has 2 aromatic rings. The highest BCUT2D eigenvalue weighted by Crippen LogP contribution is 2.40. The first-order chi connectivity index (χ1) is 11.1. The van der Waals surface area contributed by atoms with E-state index in [1.807, 2.05) is 0 Å². The topological polar surface area (TPSA) is 9.23 Å². The number of halogens is 1. The summed E-state index contributed by atoms with van der Waals surface area (Å²) in [6, 6.07) is 15.3. The fourth-order valence-electron chi connectivity index (χ4n) is 2.75. The van der Waals surface area contributed by atoms with Crippen molar-refractivity contribution in [3.63, 3.8) is 0 Å². The van der Waals surface area contributed by atoms with Crippen molar-refractivity contribution >= 4 is 41.7 Å². The molecule has 0 fully saturated rings. The maximum Gasteiger partial charge on any atom is 0.193 e. The molecule has 2 aromatic carbocycles. The summed E-state index contributed by atoms with van der Waals surface area (Å²) in [5.41, 5.74) is 1.05. The first kappa shape index (κ1) is 19.7. The molecule has 0 aromatic heterocycles. The SMILES string of the molecule is CC(/C=C/I)(Cc1ccc2ccccc2c1)O[Si](C)(C)C(C)(C)C.